The molecule has 1 rings (SSSR count). The number of nitrogens with one attached hydrogen (secondary N) is 1. The average Bonchev–Trinajstić information content (AvgIpc) is 2.83. The Morgan fingerprint density at radius 2 is 2.24 bits per heavy atom. The van der Waals surface area contributed by atoms with Crippen LogP contribution in [0.15, 0.2) is 23.3 Å². The van der Waals surface area contributed by atoms with E-state index in [2.05, 4.69) is 66.0 Å². The predicted octanol–water partition coefficient (Wildman–Crippen LogP) is 2.09. The zero-order valence-corrected chi connectivity index (χ0v) is 14.1. The van der Waals surface area contributed by atoms with E-state index in [1.165, 1.54) is 5.69 Å². The Labute approximate surface area is 129 Å². The van der Waals surface area contributed by atoms with Gasteiger partial charge < -0.3 is 19.5 Å². The molecule has 0 bridgehead atoms. The number of hydrogen-bond acceptors (Lipinski definition) is 2. The van der Waals surface area contributed by atoms with Crippen molar-refractivity contribution in [3.63, 3.8) is 0 Å². The first kappa shape index (κ1) is 17.6. The van der Waals surface area contributed by atoms with Gasteiger partial charge in [-0.2, -0.15) is 0 Å². The molecule has 0 saturated carbocycles. The van der Waals surface area contributed by atoms with Crippen molar-refractivity contribution in [2.75, 3.05) is 33.9 Å². The van der Waals surface area contributed by atoms with Gasteiger partial charge in [0.25, 0.3) is 0 Å². The molecule has 1 heterocycles. The summed E-state index contributed by atoms with van der Waals surface area (Å²) in [4.78, 5) is 6.45. The molecule has 1 aromatic rings. The van der Waals surface area contributed by atoms with Gasteiger partial charge in [0.15, 0.2) is 5.96 Å². The number of aromatic nitrogens is 1. The van der Waals surface area contributed by atoms with Crippen molar-refractivity contribution >= 4 is 5.96 Å². The van der Waals surface area contributed by atoms with Gasteiger partial charge in [0.2, 0.25) is 0 Å². The maximum Gasteiger partial charge on any atom is 0.193 e. The number of nitrogens with zero attached hydrogens (tertiary/aromatic N) is 3. The molecule has 0 amide bonds. The van der Waals surface area contributed by atoms with Crippen molar-refractivity contribution in [2.24, 2.45) is 18.0 Å². The molecule has 120 valence electrons. The number of rotatable bonds is 8. The van der Waals surface area contributed by atoms with E-state index in [0.717, 1.165) is 38.7 Å². The molecular formula is C16H30N4O. The van der Waals surface area contributed by atoms with E-state index in [-0.39, 0.29) is 0 Å². The van der Waals surface area contributed by atoms with Crippen LogP contribution in [-0.2, 0) is 18.3 Å². The zero-order valence-electron chi connectivity index (χ0n) is 14.1. The summed E-state index contributed by atoms with van der Waals surface area (Å²) in [5, 5.41) is 3.38. The largest absolute Gasteiger partial charge is 0.381 e. The Kier molecular flexibility index (Phi) is 7.90. The van der Waals surface area contributed by atoms with Crippen LogP contribution >= 0.6 is 0 Å². The number of aliphatic imine (C=N–C) groups is 1. The zero-order chi connectivity index (χ0) is 15.7. The first-order valence-corrected chi connectivity index (χ1v) is 7.64. The highest BCUT2D eigenvalue weighted by atomic mass is 16.5. The van der Waals surface area contributed by atoms with Gasteiger partial charge in [-0.05, 0) is 24.5 Å². The highest BCUT2D eigenvalue weighted by Crippen LogP contribution is 2.03. The van der Waals surface area contributed by atoms with Crippen LogP contribution in [-0.4, -0.2) is 49.3 Å². The highest BCUT2D eigenvalue weighted by molar-refractivity contribution is 5.79. The fraction of sp³-hybridized carbons (Fsp3) is 0.688. The van der Waals surface area contributed by atoms with Crippen LogP contribution in [0.4, 0.5) is 0 Å². The van der Waals surface area contributed by atoms with Crippen molar-refractivity contribution in [1.29, 1.82) is 0 Å². The maximum atomic E-state index is 5.58. The smallest absolute Gasteiger partial charge is 0.193 e. The molecule has 0 aliphatic rings. The lowest BCUT2D eigenvalue weighted by atomic mass is 10.2. The van der Waals surface area contributed by atoms with Crippen LogP contribution < -0.4 is 5.32 Å². The van der Waals surface area contributed by atoms with Gasteiger partial charge in [-0.3, -0.25) is 4.99 Å². The van der Waals surface area contributed by atoms with E-state index in [9.17, 15) is 0 Å². The number of hydrogen-bond donors (Lipinski definition) is 1. The van der Waals surface area contributed by atoms with E-state index >= 15 is 0 Å². The summed E-state index contributed by atoms with van der Waals surface area (Å²) >= 11 is 0. The fourth-order valence-electron chi connectivity index (χ4n) is 2.06. The molecule has 0 saturated heterocycles. The van der Waals surface area contributed by atoms with E-state index in [4.69, 9.17) is 4.74 Å². The minimum absolute atomic E-state index is 0.599. The molecule has 0 fully saturated rings. The van der Waals surface area contributed by atoms with E-state index in [1.807, 2.05) is 7.05 Å². The third-order valence-electron chi connectivity index (χ3n) is 3.22. The summed E-state index contributed by atoms with van der Waals surface area (Å²) in [6.07, 6.45) is 3.05. The molecule has 0 aliphatic carbocycles. The first-order chi connectivity index (χ1) is 10.0. The molecule has 1 N–H and O–H groups in total. The molecule has 1 aromatic heterocycles. The monoisotopic (exact) mass is 294 g/mol. The molecule has 21 heavy (non-hydrogen) atoms. The number of ether oxygens (including phenoxy) is 1. The highest BCUT2D eigenvalue weighted by Gasteiger charge is 2.07. The van der Waals surface area contributed by atoms with Gasteiger partial charge in [-0.25, -0.2) is 0 Å². The predicted molar refractivity (Wildman–Crippen MR) is 88.5 cm³/mol. The lowest BCUT2D eigenvalue weighted by Gasteiger charge is -2.22. The van der Waals surface area contributed by atoms with Crippen LogP contribution in [0, 0.1) is 5.92 Å². The Bertz CT molecular complexity index is 426. The Morgan fingerprint density at radius 1 is 1.48 bits per heavy atom. The van der Waals surface area contributed by atoms with E-state index in [1.54, 1.807) is 0 Å². The molecule has 0 unspecified atom stereocenters. The third kappa shape index (κ3) is 6.67. The van der Waals surface area contributed by atoms with E-state index in [0.29, 0.717) is 5.92 Å². The Balaban J connectivity index is 2.26. The van der Waals surface area contributed by atoms with Gasteiger partial charge >= 0.3 is 0 Å². The molecule has 0 spiro atoms. The van der Waals surface area contributed by atoms with E-state index < -0.39 is 0 Å². The van der Waals surface area contributed by atoms with Crippen molar-refractivity contribution in [3.05, 3.63) is 24.0 Å². The summed E-state index contributed by atoms with van der Waals surface area (Å²) in [6.45, 7) is 7.68. The van der Waals surface area contributed by atoms with Crippen LogP contribution in [0.2, 0.25) is 0 Å². The molecule has 0 aromatic carbocycles. The first-order valence-electron chi connectivity index (χ1n) is 7.64. The SMILES string of the molecule is CN=C(NCCCOCC(C)C)N(C)Cc1cccn1C. The number of guanidine groups is 1. The molecule has 0 atom stereocenters. The summed E-state index contributed by atoms with van der Waals surface area (Å²) in [5.74, 6) is 1.52. The maximum absolute atomic E-state index is 5.58. The second-order valence-corrected chi connectivity index (χ2v) is 5.76. The summed E-state index contributed by atoms with van der Waals surface area (Å²) < 4.78 is 7.70. The molecular weight excluding hydrogens is 264 g/mol. The van der Waals surface area contributed by atoms with Gasteiger partial charge in [0.05, 0.1) is 6.54 Å². The van der Waals surface area contributed by atoms with Crippen molar-refractivity contribution in [2.45, 2.75) is 26.8 Å². The van der Waals surface area contributed by atoms with Crippen LogP contribution in [0.5, 0.6) is 0 Å². The van der Waals surface area contributed by atoms with Crippen molar-refractivity contribution in [1.82, 2.24) is 14.8 Å². The van der Waals surface area contributed by atoms with Crippen LogP contribution in [0.1, 0.15) is 26.0 Å². The third-order valence-corrected chi connectivity index (χ3v) is 3.22. The molecule has 0 radical (unpaired) electrons. The average molecular weight is 294 g/mol. The topological polar surface area (TPSA) is 41.8 Å². The fourth-order valence-corrected chi connectivity index (χ4v) is 2.06. The molecule has 5 heteroatoms. The minimum Gasteiger partial charge on any atom is -0.381 e. The van der Waals surface area contributed by atoms with Crippen LogP contribution in [0.25, 0.3) is 0 Å². The summed E-state index contributed by atoms with van der Waals surface area (Å²) in [6, 6.07) is 4.19. The second-order valence-electron chi connectivity index (χ2n) is 5.76. The lowest BCUT2D eigenvalue weighted by molar-refractivity contribution is 0.108. The van der Waals surface area contributed by atoms with Crippen LogP contribution in [0.3, 0.4) is 0 Å². The van der Waals surface area contributed by atoms with Gasteiger partial charge in [0, 0.05) is 52.8 Å². The number of aryl methyl sites for hydroxylation is 1. The lowest BCUT2D eigenvalue weighted by Crippen LogP contribution is -2.39. The Morgan fingerprint density at radius 3 is 2.81 bits per heavy atom. The molecule has 5 nitrogen and oxygen atoms in total. The van der Waals surface area contributed by atoms with Gasteiger partial charge in [-0.1, -0.05) is 13.8 Å². The minimum atomic E-state index is 0.599. The summed E-state index contributed by atoms with van der Waals surface area (Å²) in [7, 11) is 5.93. The quantitative estimate of drug-likeness (QED) is 0.453. The van der Waals surface area contributed by atoms with Gasteiger partial charge in [-0.15, -0.1) is 0 Å². The van der Waals surface area contributed by atoms with Crippen molar-refractivity contribution in [3.8, 4) is 0 Å². The molecule has 0 aliphatic heterocycles. The normalized spacial score (nSPS) is 12.0. The summed E-state index contributed by atoms with van der Waals surface area (Å²) in [5.41, 5.74) is 1.26. The van der Waals surface area contributed by atoms with Gasteiger partial charge in [0.1, 0.15) is 0 Å². The van der Waals surface area contributed by atoms with Crippen molar-refractivity contribution < 1.29 is 4.74 Å². The standard InChI is InChI=1S/C16H30N4O/c1-14(2)13-21-11-7-9-18-16(17-3)20(5)12-15-8-6-10-19(15)4/h6,8,10,14H,7,9,11-13H2,1-5H3,(H,17,18). The second kappa shape index (κ2) is 9.45. The Hall–Kier alpha value is -1.49.